The van der Waals surface area contributed by atoms with Crippen molar-refractivity contribution in [2.24, 2.45) is 0 Å². The van der Waals surface area contributed by atoms with Crippen LogP contribution in [0.1, 0.15) is 24.1 Å². The van der Waals surface area contributed by atoms with Gasteiger partial charge in [-0.25, -0.2) is 8.42 Å². The second-order valence-electron chi connectivity index (χ2n) is 6.49. The standard InChI is InChI=1S/C21H21NO3S/c1-15(17-9-11-20(12-10-17)26(2,24)25)22-21(23)14-16-7-8-18-5-3-4-6-19(18)13-16/h3-13,15H,14H2,1-2H3,(H,22,23)/t15-/m1/s1. The van der Waals surface area contributed by atoms with Crippen molar-refractivity contribution in [3.05, 3.63) is 77.9 Å². The molecule has 0 saturated heterocycles. The van der Waals surface area contributed by atoms with E-state index in [1.165, 1.54) is 6.26 Å². The molecule has 0 heterocycles. The first-order valence-electron chi connectivity index (χ1n) is 8.40. The van der Waals surface area contributed by atoms with Crippen molar-refractivity contribution in [2.45, 2.75) is 24.3 Å². The molecule has 4 nitrogen and oxygen atoms in total. The summed E-state index contributed by atoms with van der Waals surface area (Å²) in [7, 11) is -3.21. The molecule has 0 aliphatic carbocycles. The van der Waals surface area contributed by atoms with E-state index in [4.69, 9.17) is 0 Å². The van der Waals surface area contributed by atoms with Crippen molar-refractivity contribution < 1.29 is 13.2 Å². The Morgan fingerprint density at radius 3 is 2.27 bits per heavy atom. The average Bonchev–Trinajstić information content (AvgIpc) is 2.61. The van der Waals surface area contributed by atoms with Crippen molar-refractivity contribution in [1.29, 1.82) is 0 Å². The van der Waals surface area contributed by atoms with E-state index in [2.05, 4.69) is 5.32 Å². The largest absolute Gasteiger partial charge is 0.349 e. The van der Waals surface area contributed by atoms with Gasteiger partial charge in [0.25, 0.3) is 0 Å². The Labute approximate surface area is 153 Å². The maximum Gasteiger partial charge on any atom is 0.224 e. The lowest BCUT2D eigenvalue weighted by molar-refractivity contribution is -0.121. The number of hydrogen-bond donors (Lipinski definition) is 1. The minimum atomic E-state index is -3.21. The number of carbonyl (C=O) groups excluding carboxylic acids is 1. The van der Waals surface area contributed by atoms with Crippen molar-refractivity contribution >= 4 is 26.5 Å². The van der Waals surface area contributed by atoms with Crippen LogP contribution < -0.4 is 5.32 Å². The van der Waals surface area contributed by atoms with Gasteiger partial charge in [-0.1, -0.05) is 54.6 Å². The molecule has 3 rings (SSSR count). The molecule has 0 fully saturated rings. The van der Waals surface area contributed by atoms with Gasteiger partial charge in [0.15, 0.2) is 9.84 Å². The molecule has 0 radical (unpaired) electrons. The molecule has 3 aromatic carbocycles. The number of rotatable bonds is 5. The van der Waals surface area contributed by atoms with Crippen LogP contribution in [0, 0.1) is 0 Å². The summed E-state index contributed by atoms with van der Waals surface area (Å²) in [6.07, 6.45) is 1.48. The second-order valence-corrected chi connectivity index (χ2v) is 8.50. The Morgan fingerprint density at radius 2 is 1.62 bits per heavy atom. The smallest absolute Gasteiger partial charge is 0.224 e. The summed E-state index contributed by atoms with van der Waals surface area (Å²) in [5, 5.41) is 5.22. The van der Waals surface area contributed by atoms with Crippen molar-refractivity contribution in [3.63, 3.8) is 0 Å². The predicted molar refractivity (Wildman–Crippen MR) is 104 cm³/mol. The average molecular weight is 367 g/mol. The third-order valence-electron chi connectivity index (χ3n) is 4.36. The number of carbonyl (C=O) groups is 1. The van der Waals surface area contributed by atoms with E-state index in [9.17, 15) is 13.2 Å². The molecule has 0 bridgehead atoms. The molecule has 1 N–H and O–H groups in total. The number of amides is 1. The maximum atomic E-state index is 12.4. The molecule has 0 aliphatic heterocycles. The van der Waals surface area contributed by atoms with Crippen molar-refractivity contribution in [3.8, 4) is 0 Å². The molecule has 1 atom stereocenters. The SMILES string of the molecule is C[C@@H](NC(=O)Cc1ccc2ccccc2c1)c1ccc(S(C)(=O)=O)cc1. The molecule has 1 amide bonds. The van der Waals surface area contributed by atoms with Crippen LogP contribution in [0.2, 0.25) is 0 Å². The van der Waals surface area contributed by atoms with Gasteiger partial charge in [-0.2, -0.15) is 0 Å². The topological polar surface area (TPSA) is 63.2 Å². The van der Waals surface area contributed by atoms with E-state index in [1.54, 1.807) is 24.3 Å². The van der Waals surface area contributed by atoms with E-state index >= 15 is 0 Å². The third kappa shape index (κ3) is 4.29. The summed E-state index contributed by atoms with van der Waals surface area (Å²) in [6.45, 7) is 1.88. The highest BCUT2D eigenvalue weighted by molar-refractivity contribution is 7.90. The van der Waals surface area contributed by atoms with Crippen LogP contribution in [0.15, 0.2) is 71.6 Å². The van der Waals surface area contributed by atoms with E-state index < -0.39 is 9.84 Å². The Kier molecular flexibility index (Phi) is 5.09. The van der Waals surface area contributed by atoms with Gasteiger partial charge in [0, 0.05) is 6.26 Å². The number of fused-ring (bicyclic) bond motifs is 1. The fraction of sp³-hybridized carbons (Fsp3) is 0.190. The van der Waals surface area contributed by atoms with E-state index in [1.807, 2.05) is 49.4 Å². The minimum absolute atomic E-state index is 0.0695. The van der Waals surface area contributed by atoms with Gasteiger partial charge in [-0.05, 0) is 41.0 Å². The van der Waals surface area contributed by atoms with Crippen LogP contribution in [-0.2, 0) is 21.1 Å². The predicted octanol–water partition coefficient (Wildman–Crippen LogP) is 3.66. The monoisotopic (exact) mass is 367 g/mol. The first-order valence-corrected chi connectivity index (χ1v) is 10.3. The quantitative estimate of drug-likeness (QED) is 0.748. The molecular weight excluding hydrogens is 346 g/mol. The third-order valence-corrected chi connectivity index (χ3v) is 5.49. The lowest BCUT2D eigenvalue weighted by Crippen LogP contribution is -2.28. The van der Waals surface area contributed by atoms with Crippen LogP contribution in [0.4, 0.5) is 0 Å². The van der Waals surface area contributed by atoms with Crippen LogP contribution in [-0.4, -0.2) is 20.6 Å². The summed E-state index contributed by atoms with van der Waals surface area (Å²) in [5.74, 6) is -0.0695. The number of benzene rings is 3. The Morgan fingerprint density at radius 1 is 0.962 bits per heavy atom. The van der Waals surface area contributed by atoms with Gasteiger partial charge >= 0.3 is 0 Å². The molecular formula is C21H21NO3S. The normalized spacial score (nSPS) is 12.7. The lowest BCUT2D eigenvalue weighted by atomic mass is 10.0. The molecule has 0 aromatic heterocycles. The molecule has 134 valence electrons. The summed E-state index contributed by atoms with van der Waals surface area (Å²) >= 11 is 0. The number of nitrogens with one attached hydrogen (secondary N) is 1. The molecule has 0 aliphatic rings. The highest BCUT2D eigenvalue weighted by atomic mass is 32.2. The first kappa shape index (κ1) is 18.1. The van der Waals surface area contributed by atoms with Gasteiger partial charge in [0.05, 0.1) is 17.4 Å². The van der Waals surface area contributed by atoms with Gasteiger partial charge in [0.1, 0.15) is 0 Å². The van der Waals surface area contributed by atoms with E-state index in [0.717, 1.165) is 21.9 Å². The van der Waals surface area contributed by atoms with Crippen LogP contribution >= 0.6 is 0 Å². The van der Waals surface area contributed by atoms with Crippen molar-refractivity contribution in [1.82, 2.24) is 5.32 Å². The van der Waals surface area contributed by atoms with Crippen molar-refractivity contribution in [2.75, 3.05) is 6.26 Å². The highest BCUT2D eigenvalue weighted by Gasteiger charge is 2.12. The number of sulfone groups is 1. The summed E-state index contributed by atoms with van der Waals surface area (Å²) < 4.78 is 23.0. The summed E-state index contributed by atoms with van der Waals surface area (Å²) in [5.41, 5.74) is 1.82. The highest BCUT2D eigenvalue weighted by Crippen LogP contribution is 2.18. The first-order chi connectivity index (χ1) is 12.3. The number of hydrogen-bond acceptors (Lipinski definition) is 3. The van der Waals surface area contributed by atoms with Gasteiger partial charge in [-0.15, -0.1) is 0 Å². The molecule has 3 aromatic rings. The zero-order valence-corrected chi connectivity index (χ0v) is 15.6. The summed E-state index contributed by atoms with van der Waals surface area (Å²) in [6, 6.07) is 20.5. The Balaban J connectivity index is 1.66. The molecule has 0 unspecified atom stereocenters. The van der Waals surface area contributed by atoms with Crippen LogP contribution in [0.3, 0.4) is 0 Å². The van der Waals surface area contributed by atoms with Crippen LogP contribution in [0.5, 0.6) is 0 Å². The molecule has 0 spiro atoms. The molecule has 26 heavy (non-hydrogen) atoms. The van der Waals surface area contributed by atoms with Crippen LogP contribution in [0.25, 0.3) is 10.8 Å². The minimum Gasteiger partial charge on any atom is -0.349 e. The van der Waals surface area contributed by atoms with Gasteiger partial charge in [0.2, 0.25) is 5.91 Å². The van der Waals surface area contributed by atoms with Gasteiger partial charge < -0.3 is 5.32 Å². The fourth-order valence-corrected chi connectivity index (χ4v) is 3.54. The zero-order valence-electron chi connectivity index (χ0n) is 14.8. The second kappa shape index (κ2) is 7.30. The Bertz CT molecular complexity index is 1040. The van der Waals surface area contributed by atoms with Gasteiger partial charge in [-0.3, -0.25) is 4.79 Å². The van der Waals surface area contributed by atoms with E-state index in [-0.39, 0.29) is 16.8 Å². The maximum absolute atomic E-state index is 12.4. The molecule has 0 saturated carbocycles. The Hall–Kier alpha value is -2.66. The van der Waals surface area contributed by atoms with E-state index in [0.29, 0.717) is 6.42 Å². The summed E-state index contributed by atoms with van der Waals surface area (Å²) in [4.78, 5) is 12.6. The molecule has 5 heteroatoms. The fourth-order valence-electron chi connectivity index (χ4n) is 2.91. The zero-order chi connectivity index (χ0) is 18.7. The lowest BCUT2D eigenvalue weighted by Gasteiger charge is -2.15.